The van der Waals surface area contributed by atoms with Gasteiger partial charge in [0.25, 0.3) is 0 Å². The number of hydrogen-bond acceptors (Lipinski definition) is 3. The molecule has 1 fully saturated rings. The van der Waals surface area contributed by atoms with Crippen molar-refractivity contribution in [3.8, 4) is 0 Å². The molecule has 1 heterocycles. The molecule has 1 N–H and O–H groups in total. The quantitative estimate of drug-likeness (QED) is 0.626. The largest absolute Gasteiger partial charge is 0.385 e. The van der Waals surface area contributed by atoms with E-state index in [4.69, 9.17) is 9.47 Å². The van der Waals surface area contributed by atoms with Crippen molar-refractivity contribution in [3.63, 3.8) is 0 Å². The molecular weight excluding hydrogens is 190 g/mol. The van der Waals surface area contributed by atoms with E-state index in [1.165, 1.54) is 19.3 Å². The summed E-state index contributed by atoms with van der Waals surface area (Å²) >= 11 is 0. The Hall–Kier alpha value is -0.120. The minimum absolute atomic E-state index is 0.648. The Morgan fingerprint density at radius 1 is 1.47 bits per heavy atom. The van der Waals surface area contributed by atoms with Gasteiger partial charge in [-0.05, 0) is 38.1 Å². The van der Waals surface area contributed by atoms with Gasteiger partial charge in [-0.1, -0.05) is 6.92 Å². The molecule has 0 aromatic heterocycles. The van der Waals surface area contributed by atoms with E-state index < -0.39 is 0 Å². The molecule has 3 nitrogen and oxygen atoms in total. The molecule has 0 aromatic carbocycles. The van der Waals surface area contributed by atoms with Gasteiger partial charge >= 0.3 is 0 Å². The fourth-order valence-corrected chi connectivity index (χ4v) is 2.17. The average molecular weight is 215 g/mol. The fourth-order valence-electron chi connectivity index (χ4n) is 2.17. The van der Waals surface area contributed by atoms with E-state index >= 15 is 0 Å². The molecule has 0 spiro atoms. The normalized spacial score (nSPS) is 23.2. The zero-order valence-electron chi connectivity index (χ0n) is 10.1. The Morgan fingerprint density at radius 2 is 2.33 bits per heavy atom. The number of hydrogen-bond donors (Lipinski definition) is 1. The number of nitrogens with one attached hydrogen (secondary N) is 1. The number of methoxy groups -OCH3 is 1. The van der Waals surface area contributed by atoms with Crippen molar-refractivity contribution < 1.29 is 9.47 Å². The summed E-state index contributed by atoms with van der Waals surface area (Å²) in [6.45, 7) is 6.14. The van der Waals surface area contributed by atoms with Crippen LogP contribution in [0.25, 0.3) is 0 Å². The third-order valence-electron chi connectivity index (χ3n) is 3.16. The Bertz CT molecular complexity index is 147. The summed E-state index contributed by atoms with van der Waals surface area (Å²) in [4.78, 5) is 0. The molecular formula is C12H25NO2. The van der Waals surface area contributed by atoms with Crippen molar-refractivity contribution in [2.75, 3.05) is 33.5 Å². The number of ether oxygens (including phenoxy) is 2. The van der Waals surface area contributed by atoms with Gasteiger partial charge in [0.2, 0.25) is 0 Å². The predicted octanol–water partition coefficient (Wildman–Crippen LogP) is 1.82. The SMILES string of the molecule is CCC(NCCCCOC)C1CCOC1. The summed E-state index contributed by atoms with van der Waals surface area (Å²) in [6.07, 6.45) is 4.79. The van der Waals surface area contributed by atoms with Crippen LogP contribution in [0.15, 0.2) is 0 Å². The molecule has 0 bridgehead atoms. The van der Waals surface area contributed by atoms with E-state index in [0.29, 0.717) is 6.04 Å². The third-order valence-corrected chi connectivity index (χ3v) is 3.16. The van der Waals surface area contributed by atoms with Crippen molar-refractivity contribution in [2.45, 2.75) is 38.6 Å². The van der Waals surface area contributed by atoms with E-state index in [9.17, 15) is 0 Å². The maximum atomic E-state index is 5.42. The highest BCUT2D eigenvalue weighted by Gasteiger charge is 2.23. The lowest BCUT2D eigenvalue weighted by Crippen LogP contribution is -2.36. The first-order chi connectivity index (χ1) is 7.38. The van der Waals surface area contributed by atoms with Crippen LogP contribution >= 0.6 is 0 Å². The first-order valence-corrected chi connectivity index (χ1v) is 6.18. The maximum Gasteiger partial charge on any atom is 0.0509 e. The second-order valence-corrected chi connectivity index (χ2v) is 4.29. The minimum Gasteiger partial charge on any atom is -0.385 e. The van der Waals surface area contributed by atoms with Crippen LogP contribution < -0.4 is 5.32 Å². The Balaban J connectivity index is 2.05. The molecule has 0 radical (unpaired) electrons. The van der Waals surface area contributed by atoms with Gasteiger partial charge in [0.15, 0.2) is 0 Å². The van der Waals surface area contributed by atoms with Gasteiger partial charge in [-0.15, -0.1) is 0 Å². The molecule has 1 saturated heterocycles. The molecule has 90 valence electrons. The van der Waals surface area contributed by atoms with Crippen LogP contribution in [0.4, 0.5) is 0 Å². The topological polar surface area (TPSA) is 30.5 Å². The van der Waals surface area contributed by atoms with Crippen LogP contribution in [0.5, 0.6) is 0 Å². The van der Waals surface area contributed by atoms with Gasteiger partial charge in [-0.3, -0.25) is 0 Å². The van der Waals surface area contributed by atoms with Gasteiger partial charge in [0, 0.05) is 26.4 Å². The van der Waals surface area contributed by atoms with Crippen LogP contribution in [-0.2, 0) is 9.47 Å². The lowest BCUT2D eigenvalue weighted by Gasteiger charge is -2.22. The predicted molar refractivity (Wildman–Crippen MR) is 62.1 cm³/mol. The molecule has 3 heteroatoms. The zero-order valence-corrected chi connectivity index (χ0v) is 10.1. The molecule has 0 saturated carbocycles. The number of rotatable bonds is 8. The van der Waals surface area contributed by atoms with Gasteiger partial charge in [0.05, 0.1) is 6.61 Å². The molecule has 0 aliphatic carbocycles. The average Bonchev–Trinajstić information content (AvgIpc) is 2.77. The van der Waals surface area contributed by atoms with E-state index in [-0.39, 0.29) is 0 Å². The van der Waals surface area contributed by atoms with Crippen molar-refractivity contribution in [1.29, 1.82) is 0 Å². The van der Waals surface area contributed by atoms with Crippen molar-refractivity contribution in [1.82, 2.24) is 5.32 Å². The maximum absolute atomic E-state index is 5.42. The summed E-state index contributed by atoms with van der Waals surface area (Å²) < 4.78 is 10.5. The van der Waals surface area contributed by atoms with Crippen molar-refractivity contribution >= 4 is 0 Å². The Labute approximate surface area is 93.5 Å². The van der Waals surface area contributed by atoms with Crippen LogP contribution in [0.2, 0.25) is 0 Å². The highest BCUT2D eigenvalue weighted by atomic mass is 16.5. The zero-order chi connectivity index (χ0) is 10.9. The lowest BCUT2D eigenvalue weighted by atomic mass is 9.97. The Kier molecular flexibility index (Phi) is 6.98. The van der Waals surface area contributed by atoms with E-state index in [1.54, 1.807) is 7.11 Å². The first kappa shape index (κ1) is 12.9. The highest BCUT2D eigenvalue weighted by molar-refractivity contribution is 4.78. The van der Waals surface area contributed by atoms with E-state index in [1.807, 2.05) is 0 Å². The van der Waals surface area contributed by atoms with Crippen molar-refractivity contribution in [2.24, 2.45) is 5.92 Å². The second kappa shape index (κ2) is 8.08. The summed E-state index contributed by atoms with van der Waals surface area (Å²) in [7, 11) is 1.76. The molecule has 0 amide bonds. The fraction of sp³-hybridized carbons (Fsp3) is 1.00. The monoisotopic (exact) mass is 215 g/mol. The summed E-state index contributed by atoms with van der Waals surface area (Å²) in [5.74, 6) is 0.734. The summed E-state index contributed by atoms with van der Waals surface area (Å²) in [6, 6.07) is 0.648. The van der Waals surface area contributed by atoms with Crippen LogP contribution in [-0.4, -0.2) is 39.5 Å². The Morgan fingerprint density at radius 3 is 2.93 bits per heavy atom. The second-order valence-electron chi connectivity index (χ2n) is 4.29. The first-order valence-electron chi connectivity index (χ1n) is 6.18. The number of unbranched alkanes of at least 4 members (excludes halogenated alkanes) is 1. The highest BCUT2D eigenvalue weighted by Crippen LogP contribution is 2.18. The summed E-state index contributed by atoms with van der Waals surface area (Å²) in [5.41, 5.74) is 0. The third kappa shape index (κ3) is 4.96. The molecule has 2 atom stereocenters. The van der Waals surface area contributed by atoms with Gasteiger partial charge in [0.1, 0.15) is 0 Å². The molecule has 1 aliphatic rings. The lowest BCUT2D eigenvalue weighted by molar-refractivity contribution is 0.174. The van der Waals surface area contributed by atoms with Gasteiger partial charge in [-0.2, -0.15) is 0 Å². The molecule has 1 aliphatic heterocycles. The van der Waals surface area contributed by atoms with Crippen LogP contribution in [0, 0.1) is 5.92 Å². The molecule has 15 heavy (non-hydrogen) atoms. The molecule has 0 aromatic rings. The van der Waals surface area contributed by atoms with E-state index in [2.05, 4.69) is 12.2 Å². The van der Waals surface area contributed by atoms with Crippen LogP contribution in [0.1, 0.15) is 32.6 Å². The van der Waals surface area contributed by atoms with Gasteiger partial charge in [-0.25, -0.2) is 0 Å². The standard InChI is InChI=1S/C12H25NO2/c1-3-12(11-6-9-15-10-11)13-7-4-5-8-14-2/h11-13H,3-10H2,1-2H3. The molecule has 1 rings (SSSR count). The minimum atomic E-state index is 0.648. The van der Waals surface area contributed by atoms with Crippen LogP contribution in [0.3, 0.4) is 0 Å². The van der Waals surface area contributed by atoms with Gasteiger partial charge < -0.3 is 14.8 Å². The summed E-state index contributed by atoms with van der Waals surface area (Å²) in [5, 5.41) is 3.63. The smallest absolute Gasteiger partial charge is 0.0509 e. The van der Waals surface area contributed by atoms with E-state index in [0.717, 1.165) is 38.7 Å². The van der Waals surface area contributed by atoms with Crippen molar-refractivity contribution in [3.05, 3.63) is 0 Å². The molecule has 2 unspecified atom stereocenters.